The highest BCUT2D eigenvalue weighted by molar-refractivity contribution is 6.21. The van der Waals surface area contributed by atoms with Gasteiger partial charge in [-0.15, -0.1) is 12.3 Å². The summed E-state index contributed by atoms with van der Waals surface area (Å²) in [5.74, 6) is 7.57. The maximum atomic E-state index is 11.6. The number of methoxy groups -OCH3 is 1. The van der Waals surface area contributed by atoms with Gasteiger partial charge in [0.15, 0.2) is 11.5 Å². The summed E-state index contributed by atoms with van der Waals surface area (Å²) in [6.07, 6.45) is 10.7. The summed E-state index contributed by atoms with van der Waals surface area (Å²) in [6.45, 7) is 0. The van der Waals surface area contributed by atoms with Gasteiger partial charge in [-0.1, -0.05) is 11.8 Å². The van der Waals surface area contributed by atoms with Crippen LogP contribution in [0.1, 0.15) is 25.7 Å². The fourth-order valence-corrected chi connectivity index (χ4v) is 1.40. The van der Waals surface area contributed by atoms with Crippen molar-refractivity contribution in [1.82, 2.24) is 0 Å². The number of rotatable bonds is 4. The van der Waals surface area contributed by atoms with Gasteiger partial charge < -0.3 is 4.74 Å². The first kappa shape index (κ1) is 13.8. The molecule has 0 aromatic heterocycles. The molecule has 0 amide bonds. The Bertz CT molecular complexity index is 504. The van der Waals surface area contributed by atoms with Crippen LogP contribution in [0.15, 0.2) is 23.5 Å². The van der Waals surface area contributed by atoms with Crippen LogP contribution in [0.4, 0.5) is 0 Å². The van der Waals surface area contributed by atoms with Gasteiger partial charge in [0, 0.05) is 25.0 Å². The molecule has 0 radical (unpaired) electrons. The molecule has 0 fully saturated rings. The van der Waals surface area contributed by atoms with Crippen LogP contribution in [0.3, 0.4) is 0 Å². The van der Waals surface area contributed by atoms with Crippen LogP contribution in [0.5, 0.6) is 0 Å². The normalized spacial score (nSPS) is 14.0. The zero-order valence-corrected chi connectivity index (χ0v) is 10.3. The third-order valence-corrected chi connectivity index (χ3v) is 2.36. The fraction of sp³-hybridized carbons (Fsp3) is 0.333. The molecule has 0 aromatic rings. The Hall–Kier alpha value is -2.26. The lowest BCUT2D eigenvalue weighted by Gasteiger charge is -2.06. The molecule has 0 saturated heterocycles. The molecule has 3 heteroatoms. The van der Waals surface area contributed by atoms with Crippen molar-refractivity contribution in [3.63, 3.8) is 0 Å². The highest BCUT2D eigenvalue weighted by Crippen LogP contribution is 2.11. The Morgan fingerprint density at radius 1 is 1.17 bits per heavy atom. The summed E-state index contributed by atoms with van der Waals surface area (Å²) in [6, 6.07) is 0. The second-order valence-corrected chi connectivity index (χ2v) is 3.71. The van der Waals surface area contributed by atoms with E-state index in [0.717, 1.165) is 19.3 Å². The molecule has 0 aliphatic heterocycles. The van der Waals surface area contributed by atoms with E-state index in [4.69, 9.17) is 11.2 Å². The number of carbonyl (C=O) groups excluding carboxylic acids is 2. The summed E-state index contributed by atoms with van der Waals surface area (Å²) in [5.41, 5.74) is 0.220. The minimum atomic E-state index is -0.325. The van der Waals surface area contributed by atoms with E-state index in [-0.39, 0.29) is 22.9 Å². The predicted octanol–water partition coefficient (Wildman–Crippen LogP) is 1.79. The van der Waals surface area contributed by atoms with E-state index >= 15 is 0 Å². The Balaban J connectivity index is 2.54. The molecular formula is C15H14O3. The third-order valence-electron chi connectivity index (χ3n) is 2.36. The molecule has 0 heterocycles. The Morgan fingerprint density at radius 3 is 2.56 bits per heavy atom. The first-order chi connectivity index (χ1) is 8.69. The lowest BCUT2D eigenvalue weighted by Crippen LogP contribution is -2.13. The number of hydrogen-bond donors (Lipinski definition) is 0. The van der Waals surface area contributed by atoms with Crippen molar-refractivity contribution in [2.24, 2.45) is 0 Å². The van der Waals surface area contributed by atoms with E-state index in [1.54, 1.807) is 0 Å². The number of ketones is 2. The molecule has 0 N–H and O–H groups in total. The van der Waals surface area contributed by atoms with Gasteiger partial charge in [0.2, 0.25) is 5.78 Å². The SMILES string of the molecule is C#CCCCCC#CC1=CC(=O)C(OC)=CC1=O. The van der Waals surface area contributed by atoms with E-state index in [1.807, 2.05) is 0 Å². The molecule has 3 nitrogen and oxygen atoms in total. The molecule has 1 aliphatic rings. The number of ether oxygens (including phenoxy) is 1. The summed E-state index contributed by atoms with van der Waals surface area (Å²) in [5, 5.41) is 0. The van der Waals surface area contributed by atoms with Crippen LogP contribution in [0.2, 0.25) is 0 Å². The highest BCUT2D eigenvalue weighted by atomic mass is 16.5. The monoisotopic (exact) mass is 242 g/mol. The first-order valence-corrected chi connectivity index (χ1v) is 5.67. The zero-order valence-electron chi connectivity index (χ0n) is 10.3. The van der Waals surface area contributed by atoms with Crippen molar-refractivity contribution >= 4 is 11.6 Å². The quantitative estimate of drug-likeness (QED) is 0.429. The fourth-order valence-electron chi connectivity index (χ4n) is 1.40. The number of terminal acetylenes is 1. The van der Waals surface area contributed by atoms with Gasteiger partial charge in [0.1, 0.15) is 0 Å². The van der Waals surface area contributed by atoms with Crippen LogP contribution in [0, 0.1) is 24.2 Å². The topological polar surface area (TPSA) is 43.4 Å². The highest BCUT2D eigenvalue weighted by Gasteiger charge is 2.19. The van der Waals surface area contributed by atoms with Gasteiger partial charge in [-0.2, -0.15) is 0 Å². The number of allylic oxidation sites excluding steroid dienone is 3. The van der Waals surface area contributed by atoms with Crippen molar-refractivity contribution in [3.8, 4) is 24.2 Å². The van der Waals surface area contributed by atoms with Crippen LogP contribution in [-0.2, 0) is 14.3 Å². The summed E-state index contributed by atoms with van der Waals surface area (Å²) < 4.78 is 4.77. The molecule has 0 saturated carbocycles. The molecule has 0 atom stereocenters. The van der Waals surface area contributed by atoms with E-state index in [1.165, 1.54) is 19.3 Å². The Morgan fingerprint density at radius 2 is 1.89 bits per heavy atom. The van der Waals surface area contributed by atoms with E-state index in [9.17, 15) is 9.59 Å². The Labute approximate surface area is 107 Å². The summed E-state index contributed by atoms with van der Waals surface area (Å²) in [7, 11) is 1.35. The predicted molar refractivity (Wildman–Crippen MR) is 68.3 cm³/mol. The minimum Gasteiger partial charge on any atom is -0.493 e. The van der Waals surface area contributed by atoms with Crippen LogP contribution in [-0.4, -0.2) is 18.7 Å². The molecule has 0 spiro atoms. The summed E-state index contributed by atoms with van der Waals surface area (Å²) >= 11 is 0. The van der Waals surface area contributed by atoms with Gasteiger partial charge in [-0.25, -0.2) is 0 Å². The average molecular weight is 242 g/mol. The molecule has 92 valence electrons. The van der Waals surface area contributed by atoms with E-state index in [2.05, 4.69) is 17.8 Å². The maximum absolute atomic E-state index is 11.6. The second kappa shape index (κ2) is 7.14. The van der Waals surface area contributed by atoms with Crippen LogP contribution >= 0.6 is 0 Å². The molecule has 1 rings (SSSR count). The van der Waals surface area contributed by atoms with Gasteiger partial charge >= 0.3 is 0 Å². The largest absolute Gasteiger partial charge is 0.493 e. The first-order valence-electron chi connectivity index (χ1n) is 5.67. The molecular weight excluding hydrogens is 228 g/mol. The number of unbranched alkanes of at least 4 members (excludes halogenated alkanes) is 3. The maximum Gasteiger partial charge on any atom is 0.221 e. The second-order valence-electron chi connectivity index (χ2n) is 3.71. The minimum absolute atomic E-state index is 0.0552. The standard InChI is InChI=1S/C15H14O3/c1-3-4-5-6-7-8-9-12-10-14(17)15(18-2)11-13(12)16/h1,10-11H,4-7H2,2H3. The van der Waals surface area contributed by atoms with Gasteiger partial charge in [-0.05, 0) is 12.8 Å². The van der Waals surface area contributed by atoms with Gasteiger partial charge in [0.25, 0.3) is 0 Å². The van der Waals surface area contributed by atoms with Crippen LogP contribution < -0.4 is 0 Å². The van der Waals surface area contributed by atoms with Gasteiger partial charge in [0.05, 0.1) is 12.7 Å². The van der Waals surface area contributed by atoms with Crippen molar-refractivity contribution in [3.05, 3.63) is 23.5 Å². The molecule has 0 bridgehead atoms. The van der Waals surface area contributed by atoms with Crippen LogP contribution in [0.25, 0.3) is 0 Å². The van der Waals surface area contributed by atoms with Crippen molar-refractivity contribution in [1.29, 1.82) is 0 Å². The molecule has 0 unspecified atom stereocenters. The molecule has 1 aliphatic carbocycles. The Kier molecular flexibility index (Phi) is 5.48. The smallest absolute Gasteiger partial charge is 0.221 e. The average Bonchev–Trinajstić information content (AvgIpc) is 2.37. The van der Waals surface area contributed by atoms with Gasteiger partial charge in [-0.3, -0.25) is 9.59 Å². The number of carbonyl (C=O) groups is 2. The van der Waals surface area contributed by atoms with Crippen molar-refractivity contribution in [2.75, 3.05) is 7.11 Å². The molecule has 0 aromatic carbocycles. The van der Waals surface area contributed by atoms with E-state index < -0.39 is 0 Å². The lowest BCUT2D eigenvalue weighted by molar-refractivity contribution is -0.117. The van der Waals surface area contributed by atoms with Crippen molar-refractivity contribution in [2.45, 2.75) is 25.7 Å². The summed E-state index contributed by atoms with van der Waals surface area (Å²) in [4.78, 5) is 23.0. The van der Waals surface area contributed by atoms with E-state index in [0.29, 0.717) is 6.42 Å². The lowest BCUT2D eigenvalue weighted by atomic mass is 10.0. The third kappa shape index (κ3) is 3.96. The zero-order chi connectivity index (χ0) is 13.4. The van der Waals surface area contributed by atoms with Crippen molar-refractivity contribution < 1.29 is 14.3 Å². The number of hydrogen-bond acceptors (Lipinski definition) is 3. The molecule has 18 heavy (non-hydrogen) atoms.